The molecule has 1 aromatic rings. The van der Waals surface area contributed by atoms with Crippen LogP contribution in [-0.2, 0) is 16.4 Å². The predicted octanol–water partition coefficient (Wildman–Crippen LogP) is 2.51. The van der Waals surface area contributed by atoms with Crippen LogP contribution in [0.15, 0.2) is 17.1 Å². The topological polar surface area (TPSA) is 98.2 Å². The van der Waals surface area contributed by atoms with Crippen molar-refractivity contribution in [2.75, 3.05) is 31.9 Å². The summed E-state index contributed by atoms with van der Waals surface area (Å²) in [6.45, 7) is 0.0533. The average molecular weight is 561 g/mol. The van der Waals surface area contributed by atoms with E-state index in [9.17, 15) is 17.2 Å². The maximum atomic E-state index is 12.8. The number of benzene rings is 1. The van der Waals surface area contributed by atoms with Gasteiger partial charge in [0, 0.05) is 36.4 Å². The zero-order valence-electron chi connectivity index (χ0n) is 16.7. The Morgan fingerprint density at radius 3 is 2.50 bits per heavy atom. The van der Waals surface area contributed by atoms with Crippen LogP contribution in [0, 0.1) is 5.41 Å². The van der Waals surface area contributed by atoms with Crippen LogP contribution in [0.2, 0.25) is 0 Å². The van der Waals surface area contributed by atoms with E-state index in [2.05, 4.69) is 20.4 Å². The molecule has 12 heteroatoms. The number of rotatable bonds is 9. The first-order valence-corrected chi connectivity index (χ1v) is 11.3. The van der Waals surface area contributed by atoms with E-state index in [0.717, 1.165) is 12.8 Å². The fourth-order valence-electron chi connectivity index (χ4n) is 3.18. The number of nitrogens with one attached hydrogen (secondary N) is 2. The highest BCUT2D eigenvalue weighted by Crippen LogP contribution is 2.46. The Bertz CT molecular complexity index is 879. The van der Waals surface area contributed by atoms with Crippen LogP contribution in [-0.4, -0.2) is 52.9 Å². The molecule has 8 nitrogen and oxygen atoms in total. The van der Waals surface area contributed by atoms with Gasteiger partial charge in [-0.25, -0.2) is 13.4 Å². The summed E-state index contributed by atoms with van der Waals surface area (Å²) < 4.78 is 63.9. The summed E-state index contributed by atoms with van der Waals surface area (Å²) in [6, 6.07) is 2.93. The summed E-state index contributed by atoms with van der Waals surface area (Å²) >= 11 is 0. The molecule has 1 fully saturated rings. The summed E-state index contributed by atoms with van der Waals surface area (Å²) in [5, 5.41) is 6.23. The van der Waals surface area contributed by atoms with Crippen molar-refractivity contribution in [2.24, 2.45) is 10.4 Å². The molecule has 170 valence electrons. The van der Waals surface area contributed by atoms with E-state index in [1.807, 2.05) is 6.92 Å². The first-order valence-electron chi connectivity index (χ1n) is 9.27. The monoisotopic (exact) mass is 561 g/mol. The molecule has 2 aliphatic rings. The van der Waals surface area contributed by atoms with Crippen molar-refractivity contribution < 1.29 is 31.4 Å². The fourth-order valence-corrected chi connectivity index (χ4v) is 4.68. The molecular weight excluding hydrogens is 535 g/mol. The Hall–Kier alpha value is -1.57. The molecule has 0 amide bonds. The molecule has 0 radical (unpaired) electrons. The zero-order chi connectivity index (χ0) is 21.1. The van der Waals surface area contributed by atoms with E-state index >= 15 is 0 Å². The minimum Gasteiger partial charge on any atom is -0.454 e. The molecule has 1 heterocycles. The number of guanidine groups is 1. The van der Waals surface area contributed by atoms with Gasteiger partial charge in [0.1, 0.15) is 15.6 Å². The van der Waals surface area contributed by atoms with E-state index in [-0.39, 0.29) is 54.2 Å². The third-order valence-electron chi connectivity index (χ3n) is 4.68. The van der Waals surface area contributed by atoms with Crippen LogP contribution >= 0.6 is 24.0 Å². The van der Waals surface area contributed by atoms with E-state index < -0.39 is 16.4 Å². The number of ether oxygens (including phenoxy) is 3. The van der Waals surface area contributed by atoms with Crippen LogP contribution in [0.3, 0.4) is 0 Å². The van der Waals surface area contributed by atoms with Gasteiger partial charge in [0.15, 0.2) is 17.5 Å². The molecule has 2 N–H and O–H groups in total. The Kier molecular flexibility index (Phi) is 8.36. The minimum absolute atomic E-state index is 0. The summed E-state index contributed by atoms with van der Waals surface area (Å²) in [5.74, 6) is 1.35. The second-order valence-electron chi connectivity index (χ2n) is 7.31. The average Bonchev–Trinajstić information content (AvgIpc) is 3.20. The number of hydrogen-bond acceptors (Lipinski definition) is 6. The van der Waals surface area contributed by atoms with Gasteiger partial charge in [-0.2, -0.15) is 8.78 Å². The first-order chi connectivity index (χ1) is 13.7. The second-order valence-corrected chi connectivity index (χ2v) is 9.45. The number of sulfone groups is 1. The van der Waals surface area contributed by atoms with Crippen molar-refractivity contribution in [3.63, 3.8) is 0 Å². The lowest BCUT2D eigenvalue weighted by Gasteiger charge is -2.18. The van der Waals surface area contributed by atoms with Gasteiger partial charge in [0.25, 0.3) is 0 Å². The van der Waals surface area contributed by atoms with Gasteiger partial charge >= 0.3 is 6.61 Å². The van der Waals surface area contributed by atoms with Crippen molar-refractivity contribution >= 4 is 39.8 Å². The highest BCUT2D eigenvalue weighted by molar-refractivity contribution is 14.0. The lowest BCUT2D eigenvalue weighted by Crippen LogP contribution is -2.41. The van der Waals surface area contributed by atoms with Gasteiger partial charge in [0.2, 0.25) is 6.79 Å². The van der Waals surface area contributed by atoms with E-state index in [4.69, 9.17) is 9.47 Å². The third-order valence-corrected chi connectivity index (χ3v) is 5.82. The molecule has 1 aliphatic carbocycles. The van der Waals surface area contributed by atoms with Gasteiger partial charge in [-0.15, -0.1) is 24.0 Å². The standard InChI is InChI=1S/C18H25F2N3O5S.HI/c1-3-21-17(23-9-18(4-5-18)10-29(2,24)25)22-8-12-6-14-15(27-11-26-14)7-13(12)28-16(19)20;/h6-7,16H,3-5,8-11H2,1-2H3,(H2,21,22,23);1H. The number of hydrogen-bond donors (Lipinski definition) is 2. The van der Waals surface area contributed by atoms with Gasteiger partial charge in [0.05, 0.1) is 12.3 Å². The molecule has 0 aromatic heterocycles. The van der Waals surface area contributed by atoms with Crippen molar-refractivity contribution in [2.45, 2.75) is 32.9 Å². The lowest BCUT2D eigenvalue weighted by atomic mass is 10.1. The number of halogens is 3. The van der Waals surface area contributed by atoms with Crippen LogP contribution in [0.5, 0.6) is 17.2 Å². The Morgan fingerprint density at radius 2 is 1.93 bits per heavy atom. The number of fused-ring (bicyclic) bond motifs is 1. The summed E-state index contributed by atoms with van der Waals surface area (Å²) in [6.07, 6.45) is 2.90. The third kappa shape index (κ3) is 7.00. The van der Waals surface area contributed by atoms with Crippen LogP contribution < -0.4 is 24.8 Å². The number of nitrogens with zero attached hydrogens (tertiary/aromatic N) is 1. The molecule has 0 spiro atoms. The van der Waals surface area contributed by atoms with Gasteiger partial charge in [-0.05, 0) is 25.8 Å². The quantitative estimate of drug-likeness (QED) is 0.272. The van der Waals surface area contributed by atoms with Crippen molar-refractivity contribution in [1.29, 1.82) is 0 Å². The maximum absolute atomic E-state index is 12.8. The molecule has 0 saturated heterocycles. The highest BCUT2D eigenvalue weighted by Gasteiger charge is 2.45. The predicted molar refractivity (Wildman–Crippen MR) is 119 cm³/mol. The molecule has 1 aliphatic heterocycles. The summed E-state index contributed by atoms with van der Waals surface area (Å²) in [7, 11) is -3.07. The number of alkyl halides is 2. The van der Waals surface area contributed by atoms with Gasteiger partial charge < -0.3 is 24.8 Å². The van der Waals surface area contributed by atoms with Crippen LogP contribution in [0.1, 0.15) is 25.3 Å². The Balaban J connectivity index is 0.00000320. The molecular formula is C18H26F2IN3O5S. The number of aliphatic imine (C=N–C) groups is 1. The SMILES string of the molecule is CCNC(=NCc1cc2c(cc1OC(F)F)OCO2)NCC1(CS(C)(=O)=O)CC1.I. The van der Waals surface area contributed by atoms with E-state index in [0.29, 0.717) is 36.1 Å². The lowest BCUT2D eigenvalue weighted by molar-refractivity contribution is -0.0505. The molecule has 3 rings (SSSR count). The van der Waals surface area contributed by atoms with E-state index in [1.54, 1.807) is 6.07 Å². The summed E-state index contributed by atoms with van der Waals surface area (Å²) in [4.78, 5) is 4.43. The van der Waals surface area contributed by atoms with Gasteiger partial charge in [-0.1, -0.05) is 0 Å². The normalized spacial score (nSPS) is 16.8. The molecule has 1 aromatic carbocycles. The maximum Gasteiger partial charge on any atom is 0.387 e. The largest absolute Gasteiger partial charge is 0.454 e. The molecule has 0 unspecified atom stereocenters. The molecule has 30 heavy (non-hydrogen) atoms. The molecule has 0 bridgehead atoms. The smallest absolute Gasteiger partial charge is 0.387 e. The summed E-state index contributed by atoms with van der Waals surface area (Å²) in [5.41, 5.74) is 0.149. The minimum atomic E-state index is -3.07. The Morgan fingerprint density at radius 1 is 1.27 bits per heavy atom. The van der Waals surface area contributed by atoms with E-state index in [1.165, 1.54) is 12.3 Å². The van der Waals surface area contributed by atoms with Crippen molar-refractivity contribution in [1.82, 2.24) is 10.6 Å². The van der Waals surface area contributed by atoms with Crippen LogP contribution in [0.25, 0.3) is 0 Å². The highest BCUT2D eigenvalue weighted by atomic mass is 127. The molecule has 0 atom stereocenters. The first kappa shape index (κ1) is 24.7. The van der Waals surface area contributed by atoms with Crippen molar-refractivity contribution in [3.8, 4) is 17.2 Å². The Labute approximate surface area is 191 Å². The zero-order valence-corrected chi connectivity index (χ0v) is 19.9. The van der Waals surface area contributed by atoms with Crippen molar-refractivity contribution in [3.05, 3.63) is 17.7 Å². The van der Waals surface area contributed by atoms with Crippen LogP contribution in [0.4, 0.5) is 8.78 Å². The molecule has 1 saturated carbocycles. The second kappa shape index (κ2) is 10.2. The van der Waals surface area contributed by atoms with Gasteiger partial charge in [-0.3, -0.25) is 0 Å². The fraction of sp³-hybridized carbons (Fsp3) is 0.611.